The van der Waals surface area contributed by atoms with E-state index in [9.17, 15) is 0 Å². The maximum Gasteiger partial charge on any atom is 0.0562 e. The summed E-state index contributed by atoms with van der Waals surface area (Å²) >= 11 is 0. The zero-order valence-electron chi connectivity index (χ0n) is 31.8. The van der Waals surface area contributed by atoms with Crippen LogP contribution in [0.15, 0.2) is 231 Å². The van der Waals surface area contributed by atoms with Crippen molar-refractivity contribution in [1.82, 2.24) is 4.57 Å². The average molecular weight is 739 g/mol. The van der Waals surface area contributed by atoms with Gasteiger partial charge in [0.25, 0.3) is 0 Å². The van der Waals surface area contributed by atoms with Gasteiger partial charge in [0.05, 0.1) is 16.7 Å². The van der Waals surface area contributed by atoms with Gasteiger partial charge in [0.15, 0.2) is 0 Å². The van der Waals surface area contributed by atoms with Gasteiger partial charge in [-0.3, -0.25) is 0 Å². The number of fused-ring (bicyclic) bond motifs is 5. The minimum absolute atomic E-state index is 1.10. The minimum atomic E-state index is 1.10. The molecular weight excluding hydrogens is 701 g/mol. The molecule has 0 radical (unpaired) electrons. The minimum Gasteiger partial charge on any atom is -0.310 e. The molecule has 0 aliphatic rings. The van der Waals surface area contributed by atoms with E-state index in [2.05, 4.69) is 240 Å². The number of hydrogen-bond donors (Lipinski definition) is 0. The van der Waals surface area contributed by atoms with E-state index in [1.165, 1.54) is 76.7 Å². The summed E-state index contributed by atoms with van der Waals surface area (Å²) in [5.41, 5.74) is 14.1. The molecule has 11 rings (SSSR count). The number of aromatic nitrogens is 1. The molecule has 2 heteroatoms. The Morgan fingerprint density at radius 3 is 1.59 bits per heavy atom. The Labute approximate surface area is 338 Å². The average Bonchev–Trinajstić information content (AvgIpc) is 3.64. The molecule has 0 unspecified atom stereocenters. The molecule has 0 spiro atoms. The van der Waals surface area contributed by atoms with Gasteiger partial charge in [-0.2, -0.15) is 0 Å². The van der Waals surface area contributed by atoms with E-state index in [1.807, 2.05) is 0 Å². The Balaban J connectivity index is 1.07. The number of rotatable bonds is 7. The van der Waals surface area contributed by atoms with E-state index in [0.717, 1.165) is 22.7 Å². The molecule has 10 aromatic carbocycles. The van der Waals surface area contributed by atoms with Crippen molar-refractivity contribution in [3.63, 3.8) is 0 Å². The second kappa shape index (κ2) is 14.1. The molecule has 272 valence electrons. The van der Waals surface area contributed by atoms with E-state index < -0.39 is 0 Å². The first-order chi connectivity index (χ1) is 28.7. The first-order valence-corrected chi connectivity index (χ1v) is 19.9. The third-order valence-corrected chi connectivity index (χ3v) is 11.5. The van der Waals surface area contributed by atoms with Gasteiger partial charge in [-0.15, -0.1) is 0 Å². The smallest absolute Gasteiger partial charge is 0.0562 e. The van der Waals surface area contributed by atoms with Crippen LogP contribution in [0.5, 0.6) is 0 Å². The van der Waals surface area contributed by atoms with Crippen molar-refractivity contribution in [2.45, 2.75) is 0 Å². The number of para-hydroxylation sites is 2. The van der Waals surface area contributed by atoms with Crippen molar-refractivity contribution in [2.75, 3.05) is 4.90 Å². The molecule has 0 aliphatic heterocycles. The van der Waals surface area contributed by atoms with Gasteiger partial charge >= 0.3 is 0 Å². The maximum atomic E-state index is 2.44. The normalized spacial score (nSPS) is 11.4. The summed E-state index contributed by atoms with van der Waals surface area (Å²) in [5.74, 6) is 0. The molecule has 1 aromatic heterocycles. The van der Waals surface area contributed by atoms with E-state index in [1.54, 1.807) is 0 Å². The van der Waals surface area contributed by atoms with Crippen LogP contribution in [0.2, 0.25) is 0 Å². The van der Waals surface area contributed by atoms with Gasteiger partial charge in [-0.1, -0.05) is 158 Å². The van der Waals surface area contributed by atoms with Crippen molar-refractivity contribution in [1.29, 1.82) is 0 Å². The van der Waals surface area contributed by atoms with Crippen LogP contribution in [-0.2, 0) is 0 Å². The van der Waals surface area contributed by atoms with Crippen LogP contribution in [0.4, 0.5) is 17.1 Å². The van der Waals surface area contributed by atoms with Crippen LogP contribution < -0.4 is 4.90 Å². The molecule has 1 heterocycles. The molecule has 0 fully saturated rings. The number of anilines is 3. The number of nitrogens with zero attached hydrogens (tertiary/aromatic N) is 2. The molecule has 0 N–H and O–H groups in total. The molecule has 0 saturated carbocycles. The Morgan fingerprint density at radius 2 is 0.810 bits per heavy atom. The Hall–Kier alpha value is -7.68. The van der Waals surface area contributed by atoms with Crippen LogP contribution in [0.3, 0.4) is 0 Å². The SMILES string of the molecule is c1ccc(-c2ccc(N(c3ccc4ccc(-c5cccc(-c6ccc7ccccc7c6)c5)cc4c3)c3cccc4c3c3ccccc3n4-c3ccccc3)cc2)cc1. The third-order valence-electron chi connectivity index (χ3n) is 11.5. The van der Waals surface area contributed by atoms with Crippen LogP contribution in [0.25, 0.3) is 82.4 Å². The van der Waals surface area contributed by atoms with Crippen LogP contribution in [0, 0.1) is 0 Å². The van der Waals surface area contributed by atoms with E-state index in [0.29, 0.717) is 0 Å². The topological polar surface area (TPSA) is 8.17 Å². The van der Waals surface area contributed by atoms with Gasteiger partial charge in [-0.05, 0) is 128 Å². The summed E-state index contributed by atoms with van der Waals surface area (Å²) in [7, 11) is 0. The van der Waals surface area contributed by atoms with Gasteiger partial charge in [-0.25, -0.2) is 0 Å². The van der Waals surface area contributed by atoms with E-state index >= 15 is 0 Å². The molecule has 0 aliphatic carbocycles. The third kappa shape index (κ3) is 5.91. The van der Waals surface area contributed by atoms with E-state index in [4.69, 9.17) is 0 Å². The van der Waals surface area contributed by atoms with E-state index in [-0.39, 0.29) is 0 Å². The number of hydrogen-bond acceptors (Lipinski definition) is 1. The Morgan fingerprint density at radius 1 is 0.293 bits per heavy atom. The standard InChI is InChI=1S/C56H38N2/c1-3-13-39(14-4-1)41-29-32-50(33-30-41)57(54-23-12-24-55-56(54)52-21-9-10-22-53(52)58(55)49-19-5-2-6-20-49)51-34-31-42-26-28-47(37-48(42)38-51)45-18-11-17-44(36-45)46-27-25-40-15-7-8-16-43(40)35-46/h1-38H. The van der Waals surface area contributed by atoms with Crippen molar-refractivity contribution in [3.8, 4) is 39.1 Å². The lowest BCUT2D eigenvalue weighted by Gasteiger charge is -2.27. The molecule has 2 nitrogen and oxygen atoms in total. The quantitative estimate of drug-likeness (QED) is 0.158. The fraction of sp³-hybridized carbons (Fsp3) is 0. The first-order valence-electron chi connectivity index (χ1n) is 19.9. The maximum absolute atomic E-state index is 2.44. The lowest BCUT2D eigenvalue weighted by atomic mass is 9.96. The monoisotopic (exact) mass is 738 g/mol. The second-order valence-electron chi connectivity index (χ2n) is 15.0. The summed E-state index contributed by atoms with van der Waals surface area (Å²) in [6.07, 6.45) is 0. The zero-order chi connectivity index (χ0) is 38.4. The molecule has 0 saturated heterocycles. The Bertz CT molecular complexity index is 3270. The molecular formula is C56H38N2. The summed E-state index contributed by atoms with van der Waals surface area (Å²) < 4.78 is 2.39. The van der Waals surface area contributed by atoms with Gasteiger partial charge in [0, 0.05) is 27.8 Å². The summed E-state index contributed by atoms with van der Waals surface area (Å²) in [4.78, 5) is 2.44. The van der Waals surface area contributed by atoms with Crippen LogP contribution in [-0.4, -0.2) is 4.57 Å². The molecule has 58 heavy (non-hydrogen) atoms. The van der Waals surface area contributed by atoms with Crippen molar-refractivity contribution < 1.29 is 0 Å². The predicted molar refractivity (Wildman–Crippen MR) is 247 cm³/mol. The predicted octanol–water partition coefficient (Wildman–Crippen LogP) is 15.6. The fourth-order valence-corrected chi connectivity index (χ4v) is 8.70. The molecule has 0 atom stereocenters. The lowest BCUT2D eigenvalue weighted by molar-refractivity contribution is 1.18. The lowest BCUT2D eigenvalue weighted by Crippen LogP contribution is -2.10. The highest BCUT2D eigenvalue weighted by molar-refractivity contribution is 6.16. The van der Waals surface area contributed by atoms with Gasteiger partial charge < -0.3 is 9.47 Å². The first kappa shape index (κ1) is 33.6. The summed E-state index contributed by atoms with van der Waals surface area (Å²) in [5, 5.41) is 7.34. The highest BCUT2D eigenvalue weighted by atomic mass is 15.1. The van der Waals surface area contributed by atoms with Crippen molar-refractivity contribution >= 4 is 60.4 Å². The molecule has 11 aromatic rings. The van der Waals surface area contributed by atoms with Crippen LogP contribution in [0.1, 0.15) is 0 Å². The Kier molecular flexibility index (Phi) is 8.19. The van der Waals surface area contributed by atoms with Crippen molar-refractivity contribution in [2.24, 2.45) is 0 Å². The zero-order valence-corrected chi connectivity index (χ0v) is 31.8. The summed E-state index contributed by atoms with van der Waals surface area (Å²) in [6.45, 7) is 0. The molecule has 0 amide bonds. The van der Waals surface area contributed by atoms with Gasteiger partial charge in [0.2, 0.25) is 0 Å². The molecule has 0 bridgehead atoms. The highest BCUT2D eigenvalue weighted by Gasteiger charge is 2.21. The van der Waals surface area contributed by atoms with Crippen LogP contribution >= 0.6 is 0 Å². The number of benzene rings is 10. The van der Waals surface area contributed by atoms with Gasteiger partial charge in [0.1, 0.15) is 0 Å². The largest absolute Gasteiger partial charge is 0.310 e. The second-order valence-corrected chi connectivity index (χ2v) is 15.0. The summed E-state index contributed by atoms with van der Waals surface area (Å²) in [6, 6.07) is 83.8. The van der Waals surface area contributed by atoms with Crippen molar-refractivity contribution in [3.05, 3.63) is 231 Å². The highest BCUT2D eigenvalue weighted by Crippen LogP contribution is 2.45. The fourth-order valence-electron chi connectivity index (χ4n) is 8.70.